The predicted molar refractivity (Wildman–Crippen MR) is 64.0 cm³/mol. The van der Waals surface area contributed by atoms with Gasteiger partial charge in [-0.05, 0) is 13.8 Å². The number of carboxylic acids is 1. The molecular formula is C11H22N2O4. The Bertz CT molecular complexity index is 258. The second-order valence-electron chi connectivity index (χ2n) is 3.94. The van der Waals surface area contributed by atoms with Crippen molar-refractivity contribution in [1.29, 1.82) is 0 Å². The highest BCUT2D eigenvalue weighted by Crippen LogP contribution is 2.04. The standard InChI is InChI=1S/C11H22N2O4/c1-5-13(9(2)8-17-4)11(16)12(3)7-6-10(14)15/h9H,5-8H2,1-4H3,(H,14,15). The predicted octanol–water partition coefficient (Wildman–Crippen LogP) is 0.870. The summed E-state index contributed by atoms with van der Waals surface area (Å²) in [6.45, 7) is 5.03. The molecule has 6 heteroatoms. The summed E-state index contributed by atoms with van der Waals surface area (Å²) in [6.07, 6.45) is -0.0432. The van der Waals surface area contributed by atoms with Crippen molar-refractivity contribution in [3.63, 3.8) is 0 Å². The van der Waals surface area contributed by atoms with E-state index in [0.717, 1.165) is 0 Å². The second kappa shape index (κ2) is 7.89. The van der Waals surface area contributed by atoms with Gasteiger partial charge in [0, 0.05) is 27.2 Å². The van der Waals surface area contributed by atoms with Crippen LogP contribution in [0.5, 0.6) is 0 Å². The highest BCUT2D eigenvalue weighted by Gasteiger charge is 2.21. The topological polar surface area (TPSA) is 70.1 Å². The molecule has 0 saturated heterocycles. The molecule has 0 saturated carbocycles. The molecular weight excluding hydrogens is 224 g/mol. The minimum absolute atomic E-state index is 0.0234. The lowest BCUT2D eigenvalue weighted by atomic mass is 10.3. The maximum absolute atomic E-state index is 12.0. The first-order valence-corrected chi connectivity index (χ1v) is 5.66. The fraction of sp³-hybridized carbons (Fsp3) is 0.818. The average Bonchev–Trinajstić information content (AvgIpc) is 2.26. The highest BCUT2D eigenvalue weighted by molar-refractivity contribution is 5.75. The van der Waals surface area contributed by atoms with Crippen LogP contribution in [0.1, 0.15) is 20.3 Å². The molecule has 0 aliphatic heterocycles. The third kappa shape index (κ3) is 5.53. The maximum Gasteiger partial charge on any atom is 0.320 e. The number of carbonyl (C=O) groups is 2. The van der Waals surface area contributed by atoms with E-state index in [4.69, 9.17) is 9.84 Å². The summed E-state index contributed by atoms with van der Waals surface area (Å²) in [4.78, 5) is 25.5. The van der Waals surface area contributed by atoms with Crippen LogP contribution in [0.3, 0.4) is 0 Å². The van der Waals surface area contributed by atoms with E-state index in [1.807, 2.05) is 13.8 Å². The Balaban J connectivity index is 4.36. The van der Waals surface area contributed by atoms with Gasteiger partial charge in [0.25, 0.3) is 0 Å². The number of ether oxygens (including phenoxy) is 1. The van der Waals surface area contributed by atoms with Gasteiger partial charge < -0.3 is 19.6 Å². The molecule has 0 spiro atoms. The summed E-state index contributed by atoms with van der Waals surface area (Å²) in [5, 5.41) is 8.56. The fourth-order valence-electron chi connectivity index (χ4n) is 1.54. The lowest BCUT2D eigenvalue weighted by molar-refractivity contribution is -0.137. The molecule has 17 heavy (non-hydrogen) atoms. The number of urea groups is 1. The molecule has 0 heterocycles. The molecule has 0 aromatic heterocycles. The molecule has 1 unspecified atom stereocenters. The number of aliphatic carboxylic acids is 1. The van der Waals surface area contributed by atoms with Gasteiger partial charge in [0.1, 0.15) is 0 Å². The van der Waals surface area contributed by atoms with E-state index < -0.39 is 5.97 Å². The molecule has 100 valence electrons. The van der Waals surface area contributed by atoms with Gasteiger partial charge in [-0.2, -0.15) is 0 Å². The summed E-state index contributed by atoms with van der Waals surface area (Å²) >= 11 is 0. The van der Waals surface area contributed by atoms with Gasteiger partial charge >= 0.3 is 12.0 Å². The normalized spacial score (nSPS) is 12.0. The van der Waals surface area contributed by atoms with E-state index in [1.165, 1.54) is 4.90 Å². The molecule has 0 aromatic carbocycles. The number of methoxy groups -OCH3 is 1. The van der Waals surface area contributed by atoms with Crippen LogP contribution in [0.4, 0.5) is 4.79 Å². The van der Waals surface area contributed by atoms with Gasteiger partial charge in [-0.1, -0.05) is 0 Å². The van der Waals surface area contributed by atoms with E-state index in [1.54, 1.807) is 19.1 Å². The van der Waals surface area contributed by atoms with Crippen molar-refractivity contribution in [3.8, 4) is 0 Å². The number of amides is 2. The quantitative estimate of drug-likeness (QED) is 0.723. The van der Waals surface area contributed by atoms with Crippen LogP contribution >= 0.6 is 0 Å². The van der Waals surface area contributed by atoms with Crippen LogP contribution in [0, 0.1) is 0 Å². The number of rotatable bonds is 7. The van der Waals surface area contributed by atoms with Crippen molar-refractivity contribution in [1.82, 2.24) is 9.80 Å². The molecule has 1 atom stereocenters. The summed E-state index contributed by atoms with van der Waals surface area (Å²) in [5.41, 5.74) is 0. The van der Waals surface area contributed by atoms with Gasteiger partial charge in [0.2, 0.25) is 0 Å². The fourth-order valence-corrected chi connectivity index (χ4v) is 1.54. The van der Waals surface area contributed by atoms with Crippen molar-refractivity contribution < 1.29 is 19.4 Å². The van der Waals surface area contributed by atoms with E-state index >= 15 is 0 Å². The Morgan fingerprint density at radius 1 is 1.41 bits per heavy atom. The zero-order valence-electron chi connectivity index (χ0n) is 11.0. The Morgan fingerprint density at radius 3 is 2.41 bits per heavy atom. The summed E-state index contributed by atoms with van der Waals surface area (Å²) in [7, 11) is 3.19. The van der Waals surface area contributed by atoms with Gasteiger partial charge in [-0.3, -0.25) is 4.79 Å². The molecule has 0 rings (SSSR count). The van der Waals surface area contributed by atoms with Gasteiger partial charge in [-0.15, -0.1) is 0 Å². The maximum atomic E-state index is 12.0. The van der Waals surface area contributed by atoms with Gasteiger partial charge in [0.15, 0.2) is 0 Å². The van der Waals surface area contributed by atoms with Crippen LogP contribution in [0.25, 0.3) is 0 Å². The third-order valence-electron chi connectivity index (χ3n) is 2.51. The van der Waals surface area contributed by atoms with Crippen LogP contribution < -0.4 is 0 Å². The average molecular weight is 246 g/mol. The first-order valence-electron chi connectivity index (χ1n) is 5.66. The van der Waals surface area contributed by atoms with Crippen molar-refractivity contribution in [2.45, 2.75) is 26.3 Å². The number of carboxylic acid groups (broad SMARTS) is 1. The number of hydrogen-bond acceptors (Lipinski definition) is 3. The monoisotopic (exact) mass is 246 g/mol. The van der Waals surface area contributed by atoms with Crippen molar-refractivity contribution >= 4 is 12.0 Å². The van der Waals surface area contributed by atoms with Crippen molar-refractivity contribution in [3.05, 3.63) is 0 Å². The Hall–Kier alpha value is -1.30. The van der Waals surface area contributed by atoms with Crippen molar-refractivity contribution in [2.24, 2.45) is 0 Å². The highest BCUT2D eigenvalue weighted by atomic mass is 16.5. The largest absolute Gasteiger partial charge is 0.481 e. The molecule has 0 fully saturated rings. The SMILES string of the molecule is CCN(C(=O)N(C)CCC(=O)O)C(C)COC. The smallest absolute Gasteiger partial charge is 0.320 e. The van der Waals surface area contributed by atoms with Gasteiger partial charge in [-0.25, -0.2) is 4.79 Å². The minimum Gasteiger partial charge on any atom is -0.481 e. The Kier molecular flexibility index (Phi) is 7.29. The van der Waals surface area contributed by atoms with E-state index in [0.29, 0.717) is 13.2 Å². The number of carbonyl (C=O) groups excluding carboxylic acids is 1. The zero-order valence-corrected chi connectivity index (χ0v) is 11.0. The molecule has 2 amide bonds. The molecule has 0 bridgehead atoms. The minimum atomic E-state index is -0.905. The van der Waals surface area contributed by atoms with Crippen molar-refractivity contribution in [2.75, 3.05) is 33.9 Å². The third-order valence-corrected chi connectivity index (χ3v) is 2.51. The Morgan fingerprint density at radius 2 is 2.00 bits per heavy atom. The van der Waals surface area contributed by atoms with Crippen LogP contribution in [-0.4, -0.2) is 66.8 Å². The number of hydrogen-bond donors (Lipinski definition) is 1. The summed E-state index contributed by atoms with van der Waals surface area (Å²) < 4.78 is 5.01. The van der Waals surface area contributed by atoms with E-state index in [2.05, 4.69) is 0 Å². The first kappa shape index (κ1) is 15.7. The van der Waals surface area contributed by atoms with Crippen LogP contribution in [0.2, 0.25) is 0 Å². The summed E-state index contributed by atoms with van der Waals surface area (Å²) in [6, 6.07) is -0.192. The Labute approximate surface area is 102 Å². The molecule has 0 aromatic rings. The lowest BCUT2D eigenvalue weighted by Gasteiger charge is -2.31. The lowest BCUT2D eigenvalue weighted by Crippen LogP contribution is -2.47. The van der Waals surface area contributed by atoms with Crippen LogP contribution in [0.15, 0.2) is 0 Å². The summed E-state index contributed by atoms with van der Waals surface area (Å²) in [5.74, 6) is -0.905. The molecule has 6 nitrogen and oxygen atoms in total. The second-order valence-corrected chi connectivity index (χ2v) is 3.94. The van der Waals surface area contributed by atoms with E-state index in [-0.39, 0.29) is 25.0 Å². The molecule has 1 N–H and O–H groups in total. The zero-order chi connectivity index (χ0) is 13.4. The molecule has 0 radical (unpaired) electrons. The molecule has 0 aliphatic carbocycles. The first-order chi connectivity index (χ1) is 7.93. The number of likely N-dealkylation sites (N-methyl/N-ethyl adjacent to an activating group) is 1. The van der Waals surface area contributed by atoms with E-state index in [9.17, 15) is 9.59 Å². The van der Waals surface area contributed by atoms with Crippen LogP contribution in [-0.2, 0) is 9.53 Å². The van der Waals surface area contributed by atoms with Gasteiger partial charge in [0.05, 0.1) is 19.1 Å². The molecule has 0 aliphatic rings. The number of nitrogens with zero attached hydrogens (tertiary/aromatic N) is 2.